The van der Waals surface area contributed by atoms with E-state index in [9.17, 15) is 0 Å². The Bertz CT molecular complexity index is 282. The van der Waals surface area contributed by atoms with Crippen LogP contribution in [0.15, 0.2) is 4.99 Å². The van der Waals surface area contributed by atoms with E-state index in [0.29, 0.717) is 6.54 Å². The van der Waals surface area contributed by atoms with Crippen LogP contribution >= 0.6 is 0 Å². The SMILES string of the molecule is CCNC(=NCC(OC)C(C)(C)C)NCCN(CC)CC. The van der Waals surface area contributed by atoms with Crippen molar-refractivity contribution in [2.75, 3.05) is 46.4 Å². The van der Waals surface area contributed by atoms with Crippen molar-refractivity contribution < 1.29 is 4.74 Å². The zero-order valence-electron chi connectivity index (χ0n) is 15.1. The summed E-state index contributed by atoms with van der Waals surface area (Å²) in [5.41, 5.74) is 0.0940. The van der Waals surface area contributed by atoms with Crippen LogP contribution in [0.2, 0.25) is 0 Å². The molecule has 0 amide bonds. The van der Waals surface area contributed by atoms with Crippen LogP contribution in [-0.4, -0.2) is 63.3 Å². The van der Waals surface area contributed by atoms with Crippen LogP contribution in [-0.2, 0) is 4.74 Å². The molecule has 0 rings (SSSR count). The number of methoxy groups -OCH3 is 1. The predicted molar refractivity (Wildman–Crippen MR) is 92.0 cm³/mol. The fourth-order valence-corrected chi connectivity index (χ4v) is 2.09. The Balaban J connectivity index is 4.42. The van der Waals surface area contributed by atoms with Gasteiger partial charge in [0.25, 0.3) is 0 Å². The first-order valence-corrected chi connectivity index (χ1v) is 8.16. The van der Waals surface area contributed by atoms with Crippen LogP contribution in [0.25, 0.3) is 0 Å². The molecule has 1 unspecified atom stereocenters. The van der Waals surface area contributed by atoms with Gasteiger partial charge in [0.1, 0.15) is 0 Å². The van der Waals surface area contributed by atoms with E-state index in [2.05, 4.69) is 62.1 Å². The summed E-state index contributed by atoms with van der Waals surface area (Å²) >= 11 is 0. The molecule has 5 heteroatoms. The van der Waals surface area contributed by atoms with E-state index >= 15 is 0 Å². The molecule has 0 radical (unpaired) electrons. The standard InChI is InChI=1S/C16H36N4O/c1-8-17-15(18-11-12-20(9-2)10-3)19-13-14(21-7)16(4,5)6/h14H,8-13H2,1-7H3,(H2,17,18,19). The average Bonchev–Trinajstić information content (AvgIpc) is 2.42. The highest BCUT2D eigenvalue weighted by Crippen LogP contribution is 2.21. The number of hydrogen-bond donors (Lipinski definition) is 2. The maximum Gasteiger partial charge on any atom is 0.191 e. The van der Waals surface area contributed by atoms with Gasteiger partial charge in [0, 0.05) is 26.7 Å². The first kappa shape index (κ1) is 20.2. The number of aliphatic imine (C=N–C) groups is 1. The molecule has 0 heterocycles. The van der Waals surface area contributed by atoms with Crippen molar-refractivity contribution in [1.29, 1.82) is 0 Å². The van der Waals surface area contributed by atoms with Gasteiger partial charge in [-0.3, -0.25) is 4.99 Å². The maximum atomic E-state index is 5.55. The Kier molecular flexibility index (Phi) is 10.4. The third-order valence-electron chi connectivity index (χ3n) is 3.62. The third-order valence-corrected chi connectivity index (χ3v) is 3.62. The summed E-state index contributed by atoms with van der Waals surface area (Å²) < 4.78 is 5.55. The normalized spacial score (nSPS) is 14.4. The van der Waals surface area contributed by atoms with E-state index in [-0.39, 0.29) is 11.5 Å². The first-order chi connectivity index (χ1) is 9.88. The van der Waals surface area contributed by atoms with Crippen molar-refractivity contribution in [3.8, 4) is 0 Å². The number of ether oxygens (including phenoxy) is 1. The topological polar surface area (TPSA) is 48.9 Å². The first-order valence-electron chi connectivity index (χ1n) is 8.16. The lowest BCUT2D eigenvalue weighted by Gasteiger charge is -2.28. The van der Waals surface area contributed by atoms with Gasteiger partial charge in [-0.2, -0.15) is 0 Å². The van der Waals surface area contributed by atoms with Gasteiger partial charge < -0.3 is 20.3 Å². The van der Waals surface area contributed by atoms with E-state index < -0.39 is 0 Å². The summed E-state index contributed by atoms with van der Waals surface area (Å²) in [6.07, 6.45) is 0.121. The van der Waals surface area contributed by atoms with Crippen LogP contribution in [0.5, 0.6) is 0 Å². The summed E-state index contributed by atoms with van der Waals surface area (Å²) in [5, 5.41) is 6.68. The Labute approximate surface area is 131 Å². The monoisotopic (exact) mass is 300 g/mol. The Morgan fingerprint density at radius 3 is 2.19 bits per heavy atom. The van der Waals surface area contributed by atoms with Gasteiger partial charge in [0.2, 0.25) is 0 Å². The summed E-state index contributed by atoms with van der Waals surface area (Å²) in [5.74, 6) is 0.871. The van der Waals surface area contributed by atoms with Gasteiger partial charge in [-0.05, 0) is 25.4 Å². The highest BCUT2D eigenvalue weighted by molar-refractivity contribution is 5.79. The van der Waals surface area contributed by atoms with Gasteiger partial charge in [0.05, 0.1) is 12.6 Å². The lowest BCUT2D eigenvalue weighted by molar-refractivity contribution is 0.0241. The fraction of sp³-hybridized carbons (Fsp3) is 0.938. The molecular weight excluding hydrogens is 264 g/mol. The van der Waals surface area contributed by atoms with Gasteiger partial charge in [0.15, 0.2) is 5.96 Å². The van der Waals surface area contributed by atoms with Crippen molar-refractivity contribution in [1.82, 2.24) is 15.5 Å². The molecule has 5 nitrogen and oxygen atoms in total. The smallest absolute Gasteiger partial charge is 0.191 e. The Hall–Kier alpha value is -0.810. The molecule has 0 saturated heterocycles. The molecule has 126 valence electrons. The molecule has 0 aromatic heterocycles. The molecule has 0 aliphatic rings. The summed E-state index contributed by atoms with van der Waals surface area (Å²) in [7, 11) is 1.76. The van der Waals surface area contributed by atoms with E-state index in [1.165, 1.54) is 0 Å². The summed E-state index contributed by atoms with van der Waals surface area (Å²) in [6, 6.07) is 0. The summed E-state index contributed by atoms with van der Waals surface area (Å²) in [6.45, 7) is 18.6. The molecule has 2 N–H and O–H groups in total. The van der Waals surface area contributed by atoms with E-state index in [1.54, 1.807) is 7.11 Å². The van der Waals surface area contributed by atoms with Crippen molar-refractivity contribution in [2.45, 2.75) is 47.6 Å². The lowest BCUT2D eigenvalue weighted by atomic mass is 9.89. The van der Waals surface area contributed by atoms with Gasteiger partial charge in [-0.1, -0.05) is 34.6 Å². The van der Waals surface area contributed by atoms with E-state index in [4.69, 9.17) is 4.74 Å². The van der Waals surface area contributed by atoms with Crippen LogP contribution < -0.4 is 10.6 Å². The number of nitrogens with zero attached hydrogens (tertiary/aromatic N) is 2. The molecule has 0 aromatic rings. The maximum absolute atomic E-state index is 5.55. The van der Waals surface area contributed by atoms with Crippen molar-refractivity contribution in [2.24, 2.45) is 10.4 Å². The van der Waals surface area contributed by atoms with E-state index in [1.807, 2.05) is 0 Å². The molecule has 0 aromatic carbocycles. The minimum Gasteiger partial charge on any atom is -0.379 e. The minimum atomic E-state index is 0.0940. The van der Waals surface area contributed by atoms with Crippen molar-refractivity contribution >= 4 is 5.96 Å². The number of hydrogen-bond acceptors (Lipinski definition) is 3. The van der Waals surface area contributed by atoms with Gasteiger partial charge >= 0.3 is 0 Å². The fourth-order valence-electron chi connectivity index (χ4n) is 2.09. The zero-order valence-corrected chi connectivity index (χ0v) is 15.1. The second-order valence-electron chi connectivity index (χ2n) is 6.26. The van der Waals surface area contributed by atoms with Crippen molar-refractivity contribution in [3.05, 3.63) is 0 Å². The van der Waals surface area contributed by atoms with Gasteiger partial charge in [-0.15, -0.1) is 0 Å². The molecule has 0 saturated carbocycles. The second kappa shape index (κ2) is 10.9. The molecule has 21 heavy (non-hydrogen) atoms. The van der Waals surface area contributed by atoms with Crippen molar-refractivity contribution in [3.63, 3.8) is 0 Å². The number of rotatable bonds is 9. The molecule has 0 fully saturated rings. The second-order valence-corrected chi connectivity index (χ2v) is 6.26. The third kappa shape index (κ3) is 8.94. The minimum absolute atomic E-state index is 0.0940. The largest absolute Gasteiger partial charge is 0.379 e. The van der Waals surface area contributed by atoms with Crippen LogP contribution in [0.3, 0.4) is 0 Å². The molecule has 0 spiro atoms. The predicted octanol–water partition coefficient (Wildman–Crippen LogP) is 1.94. The summed E-state index contributed by atoms with van der Waals surface area (Å²) in [4.78, 5) is 7.04. The number of guanidine groups is 1. The Morgan fingerprint density at radius 1 is 1.14 bits per heavy atom. The number of nitrogens with one attached hydrogen (secondary N) is 2. The molecule has 0 bridgehead atoms. The molecule has 0 aliphatic carbocycles. The van der Waals surface area contributed by atoms with E-state index in [0.717, 1.165) is 38.7 Å². The van der Waals surface area contributed by atoms with Crippen LogP contribution in [0.4, 0.5) is 0 Å². The lowest BCUT2D eigenvalue weighted by Crippen LogP contribution is -2.42. The Morgan fingerprint density at radius 2 is 1.76 bits per heavy atom. The average molecular weight is 300 g/mol. The highest BCUT2D eigenvalue weighted by atomic mass is 16.5. The molecular formula is C16H36N4O. The number of likely N-dealkylation sites (N-methyl/N-ethyl adjacent to an activating group) is 1. The van der Waals surface area contributed by atoms with Gasteiger partial charge in [-0.25, -0.2) is 0 Å². The highest BCUT2D eigenvalue weighted by Gasteiger charge is 2.24. The molecule has 1 atom stereocenters. The van der Waals surface area contributed by atoms with Crippen LogP contribution in [0.1, 0.15) is 41.5 Å². The van der Waals surface area contributed by atoms with Crippen LogP contribution in [0, 0.1) is 5.41 Å². The quantitative estimate of drug-likeness (QED) is 0.505. The zero-order chi connectivity index (χ0) is 16.3. The molecule has 0 aliphatic heterocycles.